The Morgan fingerprint density at radius 3 is 2.84 bits per heavy atom. The highest BCUT2D eigenvalue weighted by Gasteiger charge is 2.20. The zero-order valence-electron chi connectivity index (χ0n) is 9.83. The van der Waals surface area contributed by atoms with E-state index in [4.69, 9.17) is 4.55 Å². The molecule has 1 aromatic heterocycles. The average molecular weight is 293 g/mol. The molecule has 0 bridgehead atoms. The lowest BCUT2D eigenvalue weighted by molar-refractivity contribution is 0.481. The van der Waals surface area contributed by atoms with Crippen LogP contribution >= 0.6 is 11.8 Å². The number of aromatic nitrogens is 1. The van der Waals surface area contributed by atoms with Crippen LogP contribution in [0.2, 0.25) is 0 Å². The molecule has 0 amide bonds. The third kappa shape index (κ3) is 2.47. The molecule has 1 aliphatic heterocycles. The van der Waals surface area contributed by atoms with Crippen LogP contribution in [0.3, 0.4) is 0 Å². The Morgan fingerprint density at radius 1 is 1.26 bits per heavy atom. The number of nitrogens with one attached hydrogen (secondary N) is 1. The number of fused-ring (bicyclic) bond motifs is 3. The molecule has 0 aliphatic carbocycles. The molecule has 0 saturated heterocycles. The van der Waals surface area contributed by atoms with Gasteiger partial charge in [-0.2, -0.15) is 8.42 Å². The van der Waals surface area contributed by atoms with Gasteiger partial charge in [0.1, 0.15) is 5.75 Å². The third-order valence-electron chi connectivity index (χ3n) is 2.92. The number of thioether (sulfide) groups is 1. The molecular formula is C13H11NO3S2. The van der Waals surface area contributed by atoms with Crippen LogP contribution in [0.25, 0.3) is 17.2 Å². The van der Waals surface area contributed by atoms with Crippen molar-refractivity contribution in [2.75, 3.05) is 0 Å². The highest BCUT2D eigenvalue weighted by Crippen LogP contribution is 2.40. The lowest BCUT2D eigenvalue weighted by Crippen LogP contribution is -2.03. The summed E-state index contributed by atoms with van der Waals surface area (Å²) in [5, 5.41) is 1.97. The molecule has 2 aromatic rings. The summed E-state index contributed by atoms with van der Waals surface area (Å²) in [4.78, 5) is 4.01. The Labute approximate surface area is 115 Å². The van der Waals surface area contributed by atoms with E-state index in [1.54, 1.807) is 18.0 Å². The van der Waals surface area contributed by atoms with Crippen molar-refractivity contribution < 1.29 is 13.0 Å². The maximum absolute atomic E-state index is 11.1. The fourth-order valence-electron chi connectivity index (χ4n) is 2.19. The standard InChI is InChI=1S/C13H11NO3S2/c15-19(16,17)8-11-13-9(7-14-11)5-6-18-12-4-2-1-3-10(12)13/h1-7,14H,8H2,(H,15,16,17). The lowest BCUT2D eigenvalue weighted by atomic mass is 10.0. The summed E-state index contributed by atoms with van der Waals surface area (Å²) >= 11 is 1.59. The first kappa shape index (κ1) is 12.5. The van der Waals surface area contributed by atoms with Gasteiger partial charge in [0, 0.05) is 27.9 Å². The second-order valence-corrected chi connectivity index (χ2v) is 6.64. The molecule has 6 heteroatoms. The van der Waals surface area contributed by atoms with Crippen LogP contribution in [0.1, 0.15) is 11.3 Å². The Balaban J connectivity index is 2.22. The van der Waals surface area contributed by atoms with Crippen molar-refractivity contribution >= 4 is 28.0 Å². The van der Waals surface area contributed by atoms with E-state index in [-0.39, 0.29) is 0 Å². The van der Waals surface area contributed by atoms with E-state index in [0.717, 1.165) is 21.6 Å². The summed E-state index contributed by atoms with van der Waals surface area (Å²) < 4.78 is 31.2. The van der Waals surface area contributed by atoms with Gasteiger partial charge in [0.25, 0.3) is 10.1 Å². The molecule has 1 aromatic carbocycles. The van der Waals surface area contributed by atoms with E-state index in [0.29, 0.717) is 5.69 Å². The molecule has 3 rings (SSSR count). The monoisotopic (exact) mass is 293 g/mol. The maximum atomic E-state index is 11.1. The highest BCUT2D eigenvalue weighted by molar-refractivity contribution is 8.02. The minimum atomic E-state index is -4.06. The van der Waals surface area contributed by atoms with E-state index in [9.17, 15) is 8.42 Å². The van der Waals surface area contributed by atoms with Crippen LogP contribution in [0.4, 0.5) is 0 Å². The van der Waals surface area contributed by atoms with Crippen LogP contribution in [-0.2, 0) is 15.9 Å². The predicted octanol–water partition coefficient (Wildman–Crippen LogP) is 3.15. The first-order chi connectivity index (χ1) is 9.04. The molecule has 1 aliphatic rings. The summed E-state index contributed by atoms with van der Waals surface area (Å²) in [6.07, 6.45) is 3.69. The predicted molar refractivity (Wildman–Crippen MR) is 76.4 cm³/mol. The molecule has 19 heavy (non-hydrogen) atoms. The van der Waals surface area contributed by atoms with Gasteiger partial charge < -0.3 is 4.98 Å². The van der Waals surface area contributed by atoms with E-state index in [1.807, 2.05) is 35.7 Å². The molecule has 98 valence electrons. The van der Waals surface area contributed by atoms with Gasteiger partial charge in [-0.05, 0) is 23.1 Å². The van der Waals surface area contributed by atoms with Gasteiger partial charge in [-0.1, -0.05) is 30.0 Å². The van der Waals surface area contributed by atoms with Crippen molar-refractivity contribution in [1.82, 2.24) is 4.98 Å². The summed E-state index contributed by atoms with van der Waals surface area (Å²) in [5.41, 5.74) is 3.26. The molecule has 0 fully saturated rings. The second-order valence-electron chi connectivity index (χ2n) is 4.24. The quantitative estimate of drug-likeness (QED) is 0.834. The second kappa shape index (κ2) is 4.56. The van der Waals surface area contributed by atoms with Crippen LogP contribution in [0.5, 0.6) is 0 Å². The van der Waals surface area contributed by atoms with E-state index in [2.05, 4.69) is 4.98 Å². The van der Waals surface area contributed by atoms with Crippen LogP contribution in [0.15, 0.2) is 40.8 Å². The molecule has 2 heterocycles. The summed E-state index contributed by atoms with van der Waals surface area (Å²) in [6.45, 7) is 0. The fraction of sp³-hybridized carbons (Fsp3) is 0.0769. The first-order valence-electron chi connectivity index (χ1n) is 5.62. The SMILES string of the molecule is O=S(=O)(O)Cc1[nH]cc2c1-c1ccccc1SC=C2. The molecule has 0 saturated carbocycles. The van der Waals surface area contributed by atoms with Gasteiger partial charge in [-0.3, -0.25) is 4.55 Å². The molecule has 4 nitrogen and oxygen atoms in total. The number of H-pyrrole nitrogens is 1. The van der Waals surface area contributed by atoms with Crippen molar-refractivity contribution in [2.24, 2.45) is 0 Å². The van der Waals surface area contributed by atoms with Gasteiger partial charge >= 0.3 is 0 Å². The molecule has 0 atom stereocenters. The minimum Gasteiger partial charge on any atom is -0.363 e. The molecular weight excluding hydrogens is 282 g/mol. The van der Waals surface area contributed by atoms with Gasteiger partial charge in [-0.15, -0.1) is 0 Å². The lowest BCUT2D eigenvalue weighted by Gasteiger charge is -2.07. The molecule has 0 spiro atoms. The fourth-order valence-corrected chi connectivity index (χ4v) is 3.59. The van der Waals surface area contributed by atoms with Crippen LogP contribution < -0.4 is 0 Å². The zero-order chi connectivity index (χ0) is 13.5. The Kier molecular flexibility index (Phi) is 3.00. The Morgan fingerprint density at radius 2 is 2.05 bits per heavy atom. The van der Waals surface area contributed by atoms with Gasteiger partial charge in [0.2, 0.25) is 0 Å². The third-order valence-corrected chi connectivity index (χ3v) is 4.45. The average Bonchev–Trinajstić information content (AvgIpc) is 2.62. The van der Waals surface area contributed by atoms with Crippen molar-refractivity contribution in [2.45, 2.75) is 10.6 Å². The smallest absolute Gasteiger partial charge is 0.270 e. The first-order valence-corrected chi connectivity index (χ1v) is 8.11. The summed E-state index contributed by atoms with van der Waals surface area (Å²) in [6, 6.07) is 7.80. The Hall–Kier alpha value is -1.50. The number of hydrogen-bond donors (Lipinski definition) is 2. The zero-order valence-corrected chi connectivity index (χ0v) is 11.5. The van der Waals surface area contributed by atoms with Crippen molar-refractivity contribution in [3.05, 3.63) is 47.1 Å². The molecule has 0 unspecified atom stereocenters. The molecule has 2 N–H and O–H groups in total. The van der Waals surface area contributed by atoms with Gasteiger partial charge in [-0.25, -0.2) is 0 Å². The summed E-state index contributed by atoms with van der Waals surface area (Å²) in [7, 11) is -4.06. The summed E-state index contributed by atoms with van der Waals surface area (Å²) in [5.74, 6) is -0.408. The van der Waals surface area contributed by atoms with Crippen LogP contribution in [0, 0.1) is 0 Å². The topological polar surface area (TPSA) is 70.2 Å². The van der Waals surface area contributed by atoms with Crippen molar-refractivity contribution in [3.63, 3.8) is 0 Å². The number of hydrogen-bond acceptors (Lipinski definition) is 3. The number of benzene rings is 1. The largest absolute Gasteiger partial charge is 0.363 e. The van der Waals surface area contributed by atoms with Crippen LogP contribution in [-0.4, -0.2) is 18.0 Å². The Bertz CT molecular complexity index is 760. The highest BCUT2D eigenvalue weighted by atomic mass is 32.2. The van der Waals surface area contributed by atoms with Crippen molar-refractivity contribution in [1.29, 1.82) is 0 Å². The van der Waals surface area contributed by atoms with E-state index in [1.165, 1.54) is 0 Å². The minimum absolute atomic E-state index is 0.408. The number of rotatable bonds is 2. The molecule has 0 radical (unpaired) electrons. The number of aromatic amines is 1. The van der Waals surface area contributed by atoms with Gasteiger partial charge in [0.15, 0.2) is 0 Å². The van der Waals surface area contributed by atoms with E-state index < -0.39 is 15.9 Å². The van der Waals surface area contributed by atoms with E-state index >= 15 is 0 Å². The van der Waals surface area contributed by atoms with Crippen molar-refractivity contribution in [3.8, 4) is 11.1 Å². The maximum Gasteiger partial charge on any atom is 0.270 e. The van der Waals surface area contributed by atoms with Gasteiger partial charge in [0.05, 0.1) is 0 Å². The normalized spacial score (nSPS) is 13.7.